The lowest BCUT2D eigenvalue weighted by molar-refractivity contribution is 0.251. The Labute approximate surface area is 181 Å². The molecule has 2 aromatic rings. The molecule has 3 rings (SSSR count). The number of nitrogens with zero attached hydrogens (tertiary/aromatic N) is 2. The second-order valence-electron chi connectivity index (χ2n) is 7.17. The highest BCUT2D eigenvalue weighted by atomic mass is 32.1. The molecule has 0 spiro atoms. The van der Waals surface area contributed by atoms with E-state index in [0.29, 0.717) is 28.6 Å². The van der Waals surface area contributed by atoms with Crippen molar-refractivity contribution in [3.05, 3.63) is 29.1 Å². The summed E-state index contributed by atoms with van der Waals surface area (Å²) in [7, 11) is 3.17. The summed E-state index contributed by atoms with van der Waals surface area (Å²) in [5.41, 5.74) is 1.93. The number of hydrogen-bond donors (Lipinski definition) is 2. The molecule has 1 aromatic heterocycles. The molecule has 1 aromatic carbocycles. The molecule has 0 bridgehead atoms. The van der Waals surface area contributed by atoms with Gasteiger partial charge in [0.15, 0.2) is 0 Å². The number of rotatable bonds is 9. The van der Waals surface area contributed by atoms with Crippen molar-refractivity contribution in [2.24, 2.45) is 0 Å². The van der Waals surface area contributed by atoms with E-state index in [1.165, 1.54) is 37.3 Å². The van der Waals surface area contributed by atoms with Gasteiger partial charge in [0.2, 0.25) is 0 Å². The van der Waals surface area contributed by atoms with Crippen LogP contribution < -0.4 is 20.1 Å². The Bertz CT molecular complexity index is 900. The third-order valence-corrected chi connectivity index (χ3v) is 6.11. The van der Waals surface area contributed by atoms with Gasteiger partial charge in [-0.15, -0.1) is 11.3 Å². The molecule has 2 heterocycles. The number of benzene rings is 1. The molecule has 7 nitrogen and oxygen atoms in total. The van der Waals surface area contributed by atoms with Gasteiger partial charge in [0.25, 0.3) is 0 Å². The highest BCUT2D eigenvalue weighted by molar-refractivity contribution is 7.15. The van der Waals surface area contributed by atoms with Crippen LogP contribution in [0.1, 0.15) is 31.2 Å². The Hall–Kier alpha value is -2.76. The molecule has 1 aliphatic heterocycles. The predicted octanol–water partition coefficient (Wildman–Crippen LogP) is 4.30. The average Bonchev–Trinajstić information content (AvgIpc) is 3.42. The highest BCUT2D eigenvalue weighted by Crippen LogP contribution is 2.40. The molecular formula is C22H28N4O3S. The second-order valence-corrected chi connectivity index (χ2v) is 8.05. The number of ether oxygens (including phenoxy) is 2. The maximum absolute atomic E-state index is 12.3. The van der Waals surface area contributed by atoms with Crippen LogP contribution in [0.2, 0.25) is 0 Å². The lowest BCUT2D eigenvalue weighted by atomic mass is 10.0. The van der Waals surface area contributed by atoms with Crippen LogP contribution in [0.15, 0.2) is 23.6 Å². The number of carbonyl (C=O) groups is 1. The zero-order valence-electron chi connectivity index (χ0n) is 17.5. The summed E-state index contributed by atoms with van der Waals surface area (Å²) in [6, 6.07) is 7.37. The van der Waals surface area contributed by atoms with Crippen molar-refractivity contribution >= 4 is 22.4 Å². The minimum absolute atomic E-state index is 0.289. The van der Waals surface area contributed by atoms with Gasteiger partial charge < -0.3 is 19.7 Å². The summed E-state index contributed by atoms with van der Waals surface area (Å²) in [5, 5.41) is 17.8. The number of carbonyl (C=O) groups excluding carboxylic acids is 1. The number of nitriles is 1. The van der Waals surface area contributed by atoms with Crippen molar-refractivity contribution in [2.75, 3.05) is 45.7 Å². The van der Waals surface area contributed by atoms with Gasteiger partial charge in [-0.3, -0.25) is 5.32 Å². The predicted molar refractivity (Wildman–Crippen MR) is 120 cm³/mol. The first-order valence-electron chi connectivity index (χ1n) is 10.2. The maximum atomic E-state index is 12.3. The van der Waals surface area contributed by atoms with Gasteiger partial charge >= 0.3 is 6.03 Å². The molecular weight excluding hydrogens is 400 g/mol. The Kier molecular flexibility index (Phi) is 7.94. The lowest BCUT2D eigenvalue weighted by Gasteiger charge is -2.14. The summed E-state index contributed by atoms with van der Waals surface area (Å²) in [6.45, 7) is 4.11. The van der Waals surface area contributed by atoms with Crippen LogP contribution in [-0.4, -0.2) is 51.3 Å². The van der Waals surface area contributed by atoms with E-state index in [9.17, 15) is 10.1 Å². The number of thiophene rings is 1. The standard InChI is InChI=1S/C22H28N4O3S/c1-28-16-7-8-17(20(13-16)29-2)19-15-30-21(18(19)14-23)25-22(27)24-9-3-4-10-26-11-5-6-12-26/h7-8,13,15H,3-6,9-12H2,1-2H3,(H2,24,25,27). The molecule has 1 fully saturated rings. The topological polar surface area (TPSA) is 86.6 Å². The van der Waals surface area contributed by atoms with Gasteiger partial charge in [-0.2, -0.15) is 5.26 Å². The summed E-state index contributed by atoms with van der Waals surface area (Å²) in [4.78, 5) is 14.7. The molecule has 1 aliphatic rings. The lowest BCUT2D eigenvalue weighted by Crippen LogP contribution is -2.30. The van der Waals surface area contributed by atoms with E-state index in [2.05, 4.69) is 21.6 Å². The summed E-state index contributed by atoms with van der Waals surface area (Å²) >= 11 is 1.33. The Morgan fingerprint density at radius 3 is 2.70 bits per heavy atom. The van der Waals surface area contributed by atoms with Crippen LogP contribution >= 0.6 is 11.3 Å². The van der Waals surface area contributed by atoms with E-state index < -0.39 is 0 Å². The van der Waals surface area contributed by atoms with E-state index in [-0.39, 0.29) is 6.03 Å². The van der Waals surface area contributed by atoms with E-state index in [1.807, 2.05) is 17.5 Å². The highest BCUT2D eigenvalue weighted by Gasteiger charge is 2.18. The van der Waals surface area contributed by atoms with E-state index in [0.717, 1.165) is 30.5 Å². The maximum Gasteiger partial charge on any atom is 0.319 e. The van der Waals surface area contributed by atoms with Gasteiger partial charge in [-0.05, 0) is 57.5 Å². The quantitative estimate of drug-likeness (QED) is 0.582. The van der Waals surface area contributed by atoms with Crippen LogP contribution in [0.25, 0.3) is 11.1 Å². The van der Waals surface area contributed by atoms with Crippen molar-refractivity contribution in [3.8, 4) is 28.7 Å². The number of hydrogen-bond acceptors (Lipinski definition) is 6. The van der Waals surface area contributed by atoms with Crippen LogP contribution in [0.3, 0.4) is 0 Å². The van der Waals surface area contributed by atoms with E-state index >= 15 is 0 Å². The van der Waals surface area contributed by atoms with Gasteiger partial charge in [0, 0.05) is 29.1 Å². The van der Waals surface area contributed by atoms with Crippen LogP contribution in [-0.2, 0) is 0 Å². The van der Waals surface area contributed by atoms with Gasteiger partial charge in [0.1, 0.15) is 22.6 Å². The Morgan fingerprint density at radius 2 is 2.00 bits per heavy atom. The molecule has 0 atom stereocenters. The number of amides is 2. The molecule has 30 heavy (non-hydrogen) atoms. The minimum atomic E-state index is -0.289. The number of likely N-dealkylation sites (tertiary alicyclic amines) is 1. The Morgan fingerprint density at radius 1 is 1.20 bits per heavy atom. The van der Waals surface area contributed by atoms with Crippen molar-refractivity contribution in [1.82, 2.24) is 10.2 Å². The number of unbranched alkanes of at least 4 members (excludes halogenated alkanes) is 1. The molecule has 1 saturated heterocycles. The molecule has 2 N–H and O–H groups in total. The zero-order valence-corrected chi connectivity index (χ0v) is 18.3. The first-order valence-corrected chi connectivity index (χ1v) is 11.1. The van der Waals surface area contributed by atoms with Crippen molar-refractivity contribution in [1.29, 1.82) is 5.26 Å². The first kappa shape index (κ1) is 21.9. The van der Waals surface area contributed by atoms with E-state index in [1.54, 1.807) is 20.3 Å². The molecule has 0 saturated carbocycles. The molecule has 0 aliphatic carbocycles. The fourth-order valence-electron chi connectivity index (χ4n) is 3.60. The number of nitrogens with one attached hydrogen (secondary N) is 2. The average molecular weight is 429 g/mol. The largest absolute Gasteiger partial charge is 0.497 e. The van der Waals surface area contributed by atoms with E-state index in [4.69, 9.17) is 9.47 Å². The zero-order chi connectivity index (χ0) is 21.3. The molecule has 2 amide bonds. The number of anilines is 1. The van der Waals surface area contributed by atoms with Gasteiger partial charge in [0.05, 0.1) is 19.8 Å². The normalized spacial score (nSPS) is 13.6. The minimum Gasteiger partial charge on any atom is -0.497 e. The van der Waals surface area contributed by atoms with Gasteiger partial charge in [-0.1, -0.05) is 0 Å². The summed E-state index contributed by atoms with van der Waals surface area (Å²) in [5.74, 6) is 1.28. The SMILES string of the molecule is COc1ccc(-c2csc(NC(=O)NCCCCN3CCCC3)c2C#N)c(OC)c1. The molecule has 0 unspecified atom stereocenters. The third-order valence-electron chi connectivity index (χ3n) is 5.21. The second kappa shape index (κ2) is 10.9. The van der Waals surface area contributed by atoms with Crippen LogP contribution in [0.4, 0.5) is 9.80 Å². The molecule has 160 valence electrons. The number of urea groups is 1. The fourth-order valence-corrected chi connectivity index (χ4v) is 4.50. The van der Waals surface area contributed by atoms with Gasteiger partial charge in [-0.25, -0.2) is 4.79 Å². The smallest absolute Gasteiger partial charge is 0.319 e. The van der Waals surface area contributed by atoms with Crippen molar-refractivity contribution < 1.29 is 14.3 Å². The van der Waals surface area contributed by atoms with Crippen LogP contribution in [0.5, 0.6) is 11.5 Å². The molecule has 8 heteroatoms. The summed E-state index contributed by atoms with van der Waals surface area (Å²) < 4.78 is 10.7. The fraction of sp³-hybridized carbons (Fsp3) is 0.455. The molecule has 0 radical (unpaired) electrons. The Balaban J connectivity index is 1.57. The number of methoxy groups -OCH3 is 2. The van der Waals surface area contributed by atoms with Crippen molar-refractivity contribution in [3.63, 3.8) is 0 Å². The third kappa shape index (κ3) is 5.43. The first-order chi connectivity index (χ1) is 14.7. The van der Waals surface area contributed by atoms with Crippen molar-refractivity contribution in [2.45, 2.75) is 25.7 Å². The summed E-state index contributed by atoms with van der Waals surface area (Å²) in [6.07, 6.45) is 4.61. The monoisotopic (exact) mass is 428 g/mol. The van der Waals surface area contributed by atoms with Crippen LogP contribution in [0, 0.1) is 11.3 Å².